The lowest BCUT2D eigenvalue weighted by molar-refractivity contribution is 0.0424. The maximum Gasteiger partial charge on any atom is 0.0580 e. The van der Waals surface area contributed by atoms with Gasteiger partial charge in [-0.3, -0.25) is 4.90 Å². The predicted octanol–water partition coefficient (Wildman–Crippen LogP) is 2.16. The molecule has 0 aromatic carbocycles. The van der Waals surface area contributed by atoms with E-state index in [1.54, 1.807) is 0 Å². The Morgan fingerprint density at radius 1 is 0.944 bits per heavy atom. The van der Waals surface area contributed by atoms with E-state index in [0.717, 1.165) is 25.9 Å². The molecule has 0 spiro atoms. The Morgan fingerprint density at radius 3 is 2.56 bits per heavy atom. The van der Waals surface area contributed by atoms with E-state index in [2.05, 4.69) is 4.90 Å². The molecular weight excluding hydrogens is 226 g/mol. The summed E-state index contributed by atoms with van der Waals surface area (Å²) < 4.78 is 0. The fourth-order valence-corrected chi connectivity index (χ4v) is 3.66. The Kier molecular flexibility index (Phi) is 5.93. The second-order valence-corrected chi connectivity index (χ2v) is 6.12. The van der Waals surface area contributed by atoms with E-state index < -0.39 is 0 Å². The molecule has 0 radical (unpaired) electrons. The van der Waals surface area contributed by atoms with Crippen LogP contribution < -0.4 is 0 Å². The summed E-state index contributed by atoms with van der Waals surface area (Å²) in [5, 5.41) is 19.4. The Morgan fingerprint density at radius 2 is 1.72 bits per heavy atom. The molecule has 2 N–H and O–H groups in total. The summed E-state index contributed by atoms with van der Waals surface area (Å²) in [5.41, 5.74) is 0. The highest BCUT2D eigenvalue weighted by Gasteiger charge is 2.28. The van der Waals surface area contributed by atoms with Crippen LogP contribution in [0.4, 0.5) is 0 Å². The summed E-state index contributed by atoms with van der Waals surface area (Å²) in [6.45, 7) is 2.51. The smallest absolute Gasteiger partial charge is 0.0580 e. The second-order valence-electron chi connectivity index (χ2n) is 6.12. The van der Waals surface area contributed by atoms with Crippen LogP contribution in [0.15, 0.2) is 0 Å². The Labute approximate surface area is 111 Å². The number of rotatable bonds is 4. The molecular formula is C15H29NO2. The standard InChI is InChI=1S/C15H29NO2/c17-11-9-14-7-4-5-10-16(14)12-13-6-2-1-3-8-15(13)18/h13-15,17-18H,1-12H2. The number of aliphatic hydroxyl groups excluding tert-OH is 2. The van der Waals surface area contributed by atoms with Gasteiger partial charge >= 0.3 is 0 Å². The summed E-state index contributed by atoms with van der Waals surface area (Å²) in [6.07, 6.45) is 10.5. The predicted molar refractivity (Wildman–Crippen MR) is 73.5 cm³/mol. The van der Waals surface area contributed by atoms with E-state index in [1.807, 2.05) is 0 Å². The third-order valence-corrected chi connectivity index (χ3v) is 4.80. The largest absolute Gasteiger partial charge is 0.396 e. The van der Waals surface area contributed by atoms with Gasteiger partial charge in [0.25, 0.3) is 0 Å². The maximum absolute atomic E-state index is 10.2. The van der Waals surface area contributed by atoms with Crippen LogP contribution >= 0.6 is 0 Å². The normalized spacial score (nSPS) is 35.3. The first-order valence-corrected chi connectivity index (χ1v) is 7.84. The zero-order valence-electron chi connectivity index (χ0n) is 11.6. The molecule has 0 aromatic heterocycles. The Hall–Kier alpha value is -0.120. The number of aliphatic hydroxyl groups is 2. The Balaban J connectivity index is 1.88. The zero-order valence-corrected chi connectivity index (χ0v) is 11.6. The molecule has 1 saturated heterocycles. The van der Waals surface area contributed by atoms with Crippen molar-refractivity contribution in [2.45, 2.75) is 69.9 Å². The first-order chi connectivity index (χ1) is 8.81. The molecule has 2 rings (SSSR count). The number of hydrogen-bond acceptors (Lipinski definition) is 3. The SMILES string of the molecule is OCCC1CCCCN1CC1CCCCCC1O. The minimum absolute atomic E-state index is 0.0933. The number of hydrogen-bond donors (Lipinski definition) is 2. The second kappa shape index (κ2) is 7.46. The van der Waals surface area contributed by atoms with E-state index in [0.29, 0.717) is 18.6 Å². The van der Waals surface area contributed by atoms with Gasteiger partial charge in [-0.05, 0) is 44.6 Å². The third kappa shape index (κ3) is 3.94. The van der Waals surface area contributed by atoms with Gasteiger partial charge in [0.15, 0.2) is 0 Å². The minimum atomic E-state index is -0.0933. The first-order valence-electron chi connectivity index (χ1n) is 7.84. The molecule has 0 aromatic rings. The van der Waals surface area contributed by atoms with E-state index in [-0.39, 0.29) is 6.10 Å². The molecule has 0 bridgehead atoms. The molecule has 106 valence electrons. The van der Waals surface area contributed by atoms with Crippen LogP contribution in [0.3, 0.4) is 0 Å². The van der Waals surface area contributed by atoms with Gasteiger partial charge in [-0.25, -0.2) is 0 Å². The van der Waals surface area contributed by atoms with E-state index in [9.17, 15) is 5.11 Å². The minimum Gasteiger partial charge on any atom is -0.396 e. The molecule has 0 amide bonds. The van der Waals surface area contributed by atoms with Crippen LogP contribution in [0.5, 0.6) is 0 Å². The van der Waals surface area contributed by atoms with Crippen molar-refractivity contribution in [1.82, 2.24) is 4.90 Å². The van der Waals surface area contributed by atoms with Gasteiger partial charge in [0, 0.05) is 19.2 Å². The van der Waals surface area contributed by atoms with Gasteiger partial charge in [-0.15, -0.1) is 0 Å². The van der Waals surface area contributed by atoms with Crippen molar-refractivity contribution >= 4 is 0 Å². The summed E-state index contributed by atoms with van der Waals surface area (Å²) in [6, 6.07) is 0.555. The molecule has 2 aliphatic rings. The molecule has 1 aliphatic carbocycles. The van der Waals surface area contributed by atoms with Crippen LogP contribution in [-0.4, -0.2) is 47.0 Å². The van der Waals surface area contributed by atoms with Crippen LogP contribution in [0.25, 0.3) is 0 Å². The van der Waals surface area contributed by atoms with Crippen LogP contribution in [-0.2, 0) is 0 Å². The summed E-state index contributed by atoms with van der Waals surface area (Å²) in [5.74, 6) is 0.465. The summed E-state index contributed by atoms with van der Waals surface area (Å²) >= 11 is 0. The van der Waals surface area contributed by atoms with Crippen molar-refractivity contribution in [2.75, 3.05) is 19.7 Å². The highest BCUT2D eigenvalue weighted by molar-refractivity contribution is 4.82. The van der Waals surface area contributed by atoms with Gasteiger partial charge in [-0.2, -0.15) is 0 Å². The molecule has 3 unspecified atom stereocenters. The summed E-state index contributed by atoms with van der Waals surface area (Å²) in [4.78, 5) is 2.54. The van der Waals surface area contributed by atoms with Crippen LogP contribution in [0, 0.1) is 5.92 Å². The van der Waals surface area contributed by atoms with Crippen molar-refractivity contribution < 1.29 is 10.2 Å². The third-order valence-electron chi connectivity index (χ3n) is 4.80. The lowest BCUT2D eigenvalue weighted by Crippen LogP contribution is -2.44. The van der Waals surface area contributed by atoms with Gasteiger partial charge < -0.3 is 10.2 Å². The number of nitrogens with zero attached hydrogens (tertiary/aromatic N) is 1. The van der Waals surface area contributed by atoms with Gasteiger partial charge in [0.05, 0.1) is 6.10 Å². The molecule has 1 heterocycles. The van der Waals surface area contributed by atoms with E-state index in [4.69, 9.17) is 5.11 Å². The maximum atomic E-state index is 10.2. The average molecular weight is 255 g/mol. The first kappa shape index (κ1) is 14.3. The quantitative estimate of drug-likeness (QED) is 0.757. The molecule has 1 aliphatic heterocycles. The van der Waals surface area contributed by atoms with E-state index >= 15 is 0 Å². The summed E-state index contributed by atoms with van der Waals surface area (Å²) in [7, 11) is 0. The lowest BCUT2D eigenvalue weighted by Gasteiger charge is -2.38. The average Bonchev–Trinajstić information content (AvgIpc) is 2.58. The topological polar surface area (TPSA) is 43.7 Å². The monoisotopic (exact) mass is 255 g/mol. The molecule has 3 nitrogen and oxygen atoms in total. The molecule has 3 atom stereocenters. The van der Waals surface area contributed by atoms with Crippen molar-refractivity contribution in [3.63, 3.8) is 0 Å². The van der Waals surface area contributed by atoms with Gasteiger partial charge in [0.1, 0.15) is 0 Å². The van der Waals surface area contributed by atoms with Crippen molar-refractivity contribution in [2.24, 2.45) is 5.92 Å². The van der Waals surface area contributed by atoms with Crippen molar-refractivity contribution in [3.05, 3.63) is 0 Å². The number of piperidine rings is 1. The fraction of sp³-hybridized carbons (Fsp3) is 1.00. The van der Waals surface area contributed by atoms with Crippen molar-refractivity contribution in [1.29, 1.82) is 0 Å². The van der Waals surface area contributed by atoms with Crippen LogP contribution in [0.2, 0.25) is 0 Å². The highest BCUT2D eigenvalue weighted by atomic mass is 16.3. The highest BCUT2D eigenvalue weighted by Crippen LogP contribution is 2.27. The van der Waals surface area contributed by atoms with E-state index in [1.165, 1.54) is 44.9 Å². The van der Waals surface area contributed by atoms with Gasteiger partial charge in [-0.1, -0.05) is 25.7 Å². The Bertz CT molecular complexity index is 233. The zero-order chi connectivity index (χ0) is 12.8. The molecule has 2 fully saturated rings. The fourth-order valence-electron chi connectivity index (χ4n) is 3.66. The number of likely N-dealkylation sites (tertiary alicyclic amines) is 1. The lowest BCUT2D eigenvalue weighted by atomic mass is 9.93. The molecule has 1 saturated carbocycles. The van der Waals surface area contributed by atoms with Crippen LogP contribution in [0.1, 0.15) is 57.8 Å². The molecule has 18 heavy (non-hydrogen) atoms. The van der Waals surface area contributed by atoms with Crippen molar-refractivity contribution in [3.8, 4) is 0 Å². The molecule has 3 heteroatoms. The van der Waals surface area contributed by atoms with Gasteiger partial charge in [0.2, 0.25) is 0 Å².